The molecule has 106 valence electrons. The summed E-state index contributed by atoms with van der Waals surface area (Å²) in [5.41, 5.74) is 0. The number of unbranched alkanes of at least 4 members (excludes halogenated alkanes) is 8. The second kappa shape index (κ2) is 13.1. The molecule has 1 unspecified atom stereocenters. The number of hydrogen-bond donors (Lipinski definition) is 1. The molecule has 3 nitrogen and oxygen atoms in total. The van der Waals surface area contributed by atoms with Crippen molar-refractivity contribution in [2.75, 3.05) is 0 Å². The van der Waals surface area contributed by atoms with E-state index in [0.29, 0.717) is 34.4 Å². The van der Waals surface area contributed by atoms with Gasteiger partial charge in [0, 0.05) is 0 Å². The Morgan fingerprint density at radius 2 is 1.42 bits per heavy atom. The molecule has 4 heteroatoms. The van der Waals surface area contributed by atoms with Gasteiger partial charge in [0.25, 0.3) is 0 Å². The van der Waals surface area contributed by atoms with E-state index in [-0.39, 0.29) is 15.0 Å². The van der Waals surface area contributed by atoms with E-state index in [0.717, 1.165) is 12.8 Å². The van der Waals surface area contributed by atoms with Crippen molar-refractivity contribution >= 4 is 36.9 Å². The van der Waals surface area contributed by atoms with Crippen LogP contribution in [-0.2, 0) is 9.59 Å². The van der Waals surface area contributed by atoms with Crippen molar-refractivity contribution in [1.29, 1.82) is 0 Å². The second-order valence-corrected chi connectivity index (χ2v) is 6.46. The van der Waals surface area contributed by atoms with E-state index < -0.39 is 0 Å². The Labute approximate surface area is 135 Å². The van der Waals surface area contributed by atoms with Gasteiger partial charge in [-0.1, -0.05) is 19.8 Å². The van der Waals surface area contributed by atoms with Crippen molar-refractivity contribution < 1.29 is 9.59 Å². The Morgan fingerprint density at radius 1 is 0.947 bits per heavy atom. The summed E-state index contributed by atoms with van der Waals surface area (Å²) in [6.07, 6.45) is 11.9. The molecule has 1 atom stereocenters. The van der Waals surface area contributed by atoms with E-state index in [4.69, 9.17) is 0 Å². The van der Waals surface area contributed by atoms with Crippen LogP contribution in [0, 0.1) is 0 Å². The van der Waals surface area contributed by atoms with Gasteiger partial charge in [-0.25, -0.2) is 0 Å². The zero-order chi connectivity index (χ0) is 14.5. The van der Waals surface area contributed by atoms with Crippen LogP contribution in [0.4, 0.5) is 0 Å². The maximum absolute atomic E-state index is 11.5. The van der Waals surface area contributed by atoms with Gasteiger partial charge in [0.2, 0.25) is 0 Å². The van der Waals surface area contributed by atoms with Crippen LogP contribution in [0.1, 0.15) is 78.1 Å². The summed E-state index contributed by atoms with van der Waals surface area (Å²) in [7, 11) is 0. The molecule has 0 fully saturated rings. The molecule has 0 bridgehead atoms. The first kappa shape index (κ1) is 19.1. The summed E-state index contributed by atoms with van der Waals surface area (Å²) < 4.78 is 0.153. The molecule has 1 amide bonds. The van der Waals surface area contributed by atoms with E-state index in [1.165, 1.54) is 44.9 Å². The fourth-order valence-corrected chi connectivity index (χ4v) is 2.16. The standard InChI is InChI=1S/C15H28NO2.Na/c1-3-4-5-6-7-8-9-10-11-12-15(18)16-14(2)13-17;/h14H,3-12H2,1-2H3,(H,16,18);. The third-order valence-corrected chi connectivity index (χ3v) is 4.36. The molecule has 0 spiro atoms. The van der Waals surface area contributed by atoms with E-state index in [2.05, 4.69) is 12.2 Å². The summed E-state index contributed by atoms with van der Waals surface area (Å²) in [5.74, 6) is 0.0274. The molecule has 0 heterocycles. The van der Waals surface area contributed by atoms with Crippen LogP contribution in [0.5, 0.6) is 0 Å². The number of amides is 1. The van der Waals surface area contributed by atoms with Crippen LogP contribution in [0.2, 0.25) is 0 Å². The molecule has 0 aromatic rings. The molecule has 19 heavy (non-hydrogen) atoms. The Bertz CT molecular complexity index is 257. The zero-order valence-corrected chi connectivity index (χ0v) is 15.0. The SMILES string of the molecule is CCCCCCCCCCCC(=O)NC(C)[C](=O)[Na]. The molecule has 0 saturated carbocycles. The van der Waals surface area contributed by atoms with Crippen LogP contribution in [-0.4, -0.2) is 42.9 Å². The van der Waals surface area contributed by atoms with E-state index in [1.807, 2.05) is 0 Å². The van der Waals surface area contributed by atoms with Gasteiger partial charge in [-0.15, -0.1) is 0 Å². The molecule has 0 aromatic heterocycles. The Balaban J connectivity index is 3.30. The first-order valence-electron chi connectivity index (χ1n) is 7.87. The van der Waals surface area contributed by atoms with E-state index in [1.54, 1.807) is 6.92 Å². The Hall–Kier alpha value is 0.140. The molecule has 0 aliphatic heterocycles. The fraction of sp³-hybridized carbons (Fsp3) is 0.867. The molecule has 0 aromatic carbocycles. The van der Waals surface area contributed by atoms with Gasteiger partial charge in [-0.2, -0.15) is 0 Å². The van der Waals surface area contributed by atoms with Gasteiger partial charge in [0.05, 0.1) is 0 Å². The summed E-state index contributed by atoms with van der Waals surface area (Å²) in [6.45, 7) is 4.00. The fourth-order valence-electron chi connectivity index (χ4n) is 2.01. The minimum absolute atomic E-state index is 0.0274. The number of carbonyl (C=O) groups excluding carboxylic acids is 2. The van der Waals surface area contributed by atoms with Crippen molar-refractivity contribution in [3.05, 3.63) is 0 Å². The van der Waals surface area contributed by atoms with Gasteiger partial charge < -0.3 is 0 Å². The van der Waals surface area contributed by atoms with Crippen molar-refractivity contribution in [2.24, 2.45) is 0 Å². The summed E-state index contributed by atoms with van der Waals surface area (Å²) in [5, 5.41) is 2.75. The molecule has 1 N–H and O–H groups in total. The van der Waals surface area contributed by atoms with Crippen molar-refractivity contribution in [3.63, 3.8) is 0 Å². The third-order valence-electron chi connectivity index (χ3n) is 3.49. The molecule has 0 saturated heterocycles. The first-order valence-corrected chi connectivity index (χ1v) is 8.87. The molecule has 0 aliphatic carbocycles. The monoisotopic (exact) mass is 277 g/mol. The number of carbonyl (C=O) groups is 2. The van der Waals surface area contributed by atoms with Crippen LogP contribution in [0.3, 0.4) is 0 Å². The predicted octanol–water partition coefficient (Wildman–Crippen LogP) is 3.11. The van der Waals surface area contributed by atoms with E-state index in [9.17, 15) is 9.59 Å². The second-order valence-electron chi connectivity index (χ2n) is 5.48. The van der Waals surface area contributed by atoms with Gasteiger partial charge in [-0.3, -0.25) is 0 Å². The normalized spacial score (nSPS) is 12.2. The summed E-state index contributed by atoms with van der Waals surface area (Å²) >= 11 is 0.511. The Morgan fingerprint density at radius 3 is 1.89 bits per heavy atom. The van der Waals surface area contributed by atoms with Gasteiger partial charge in [-0.05, 0) is 0 Å². The van der Waals surface area contributed by atoms with Crippen LogP contribution < -0.4 is 5.32 Å². The van der Waals surface area contributed by atoms with Crippen LogP contribution in [0.15, 0.2) is 0 Å². The number of nitrogens with one attached hydrogen (secondary N) is 1. The Kier molecular flexibility index (Phi) is 13.2. The average molecular weight is 277 g/mol. The minimum atomic E-state index is -0.280. The molecule has 0 rings (SSSR count). The third kappa shape index (κ3) is 12.9. The molecular weight excluding hydrogens is 249 g/mol. The molecule has 0 aliphatic rings. The molecule has 0 radical (unpaired) electrons. The van der Waals surface area contributed by atoms with E-state index >= 15 is 0 Å². The summed E-state index contributed by atoms with van der Waals surface area (Å²) in [4.78, 5) is 22.6. The van der Waals surface area contributed by atoms with Gasteiger partial charge in [0.1, 0.15) is 0 Å². The van der Waals surface area contributed by atoms with Gasteiger partial charge >= 0.3 is 116 Å². The molecular formula is C15H28NNaO2. The first-order chi connectivity index (χ1) is 9.07. The number of hydrogen-bond acceptors (Lipinski definition) is 2. The van der Waals surface area contributed by atoms with Gasteiger partial charge in [0.15, 0.2) is 0 Å². The average Bonchev–Trinajstić information content (AvgIpc) is 2.36. The van der Waals surface area contributed by atoms with Crippen molar-refractivity contribution in [1.82, 2.24) is 5.32 Å². The topological polar surface area (TPSA) is 46.2 Å². The van der Waals surface area contributed by atoms with Crippen LogP contribution in [0.25, 0.3) is 0 Å². The quantitative estimate of drug-likeness (QED) is 0.440. The maximum atomic E-state index is 11.5. The summed E-state index contributed by atoms with van der Waals surface area (Å²) in [6, 6.07) is -0.280. The predicted molar refractivity (Wildman–Crippen MR) is 80.2 cm³/mol. The zero-order valence-electron chi connectivity index (χ0n) is 13.0. The van der Waals surface area contributed by atoms with Crippen molar-refractivity contribution in [3.8, 4) is 0 Å². The van der Waals surface area contributed by atoms with Crippen LogP contribution >= 0.6 is 0 Å². The number of rotatable bonds is 12. The van der Waals surface area contributed by atoms with Crippen molar-refractivity contribution in [2.45, 2.75) is 84.1 Å².